The molecule has 1 aromatic carbocycles. The van der Waals surface area contributed by atoms with Crippen LogP contribution >= 0.6 is 0 Å². The maximum atomic E-state index is 8.95. The molecule has 0 aliphatic rings. The molecule has 0 fully saturated rings. The zero-order chi connectivity index (χ0) is 11.3. The number of nitrogens with zero attached hydrogens (tertiary/aromatic N) is 1. The summed E-state index contributed by atoms with van der Waals surface area (Å²) in [6.45, 7) is 0.493. The zero-order valence-electron chi connectivity index (χ0n) is 8.30. The molecule has 0 aromatic heterocycles. The van der Waals surface area contributed by atoms with Gasteiger partial charge in [0.05, 0.1) is 0 Å². The van der Waals surface area contributed by atoms with E-state index in [-0.39, 0.29) is 5.96 Å². The summed E-state index contributed by atoms with van der Waals surface area (Å²) < 4.78 is 0. The van der Waals surface area contributed by atoms with Gasteiger partial charge < -0.3 is 21.5 Å². The van der Waals surface area contributed by atoms with Crippen LogP contribution in [0.3, 0.4) is 0 Å². The van der Waals surface area contributed by atoms with Crippen molar-refractivity contribution in [3.8, 4) is 0 Å². The molecule has 0 aliphatic carbocycles. The Labute approximate surface area is 88.6 Å². The second-order valence-electron chi connectivity index (χ2n) is 3.18. The Hall–Kier alpha value is -1.53. The molecule has 6 heteroatoms. The second kappa shape index (κ2) is 5.38. The molecule has 6 N–H and O–H groups in total. The molecule has 0 unspecified atom stereocenters. The summed E-state index contributed by atoms with van der Waals surface area (Å²) in [6.07, 6.45) is 0.665. The van der Waals surface area contributed by atoms with E-state index in [2.05, 4.69) is 4.99 Å². The fourth-order valence-electron chi connectivity index (χ4n) is 1.22. The fourth-order valence-corrected chi connectivity index (χ4v) is 1.22. The van der Waals surface area contributed by atoms with Gasteiger partial charge in [-0.25, -0.2) is 0 Å². The summed E-state index contributed by atoms with van der Waals surface area (Å²) in [6, 6.07) is 7.01. The van der Waals surface area contributed by atoms with Crippen molar-refractivity contribution in [3.05, 3.63) is 29.8 Å². The van der Waals surface area contributed by atoms with E-state index in [9.17, 15) is 0 Å². The lowest BCUT2D eigenvalue weighted by Crippen LogP contribution is -2.29. The van der Waals surface area contributed by atoms with E-state index in [4.69, 9.17) is 21.5 Å². The monoisotopic (exact) mass is 207 g/mol. The van der Waals surface area contributed by atoms with Crippen molar-refractivity contribution in [1.29, 1.82) is 0 Å². The first kappa shape index (κ1) is 11.5. The van der Waals surface area contributed by atoms with E-state index in [0.29, 0.717) is 18.4 Å². The van der Waals surface area contributed by atoms with Gasteiger partial charge in [0.25, 0.3) is 0 Å². The maximum Gasteiger partial charge on any atom is 0.488 e. The Kier molecular flexibility index (Phi) is 4.14. The Morgan fingerprint density at radius 2 is 2.07 bits per heavy atom. The largest absolute Gasteiger partial charge is 0.488 e. The van der Waals surface area contributed by atoms with Crippen LogP contribution in [0.15, 0.2) is 29.3 Å². The van der Waals surface area contributed by atoms with Crippen molar-refractivity contribution < 1.29 is 10.0 Å². The summed E-state index contributed by atoms with van der Waals surface area (Å²) in [5.41, 5.74) is 11.8. The zero-order valence-corrected chi connectivity index (χ0v) is 8.30. The van der Waals surface area contributed by atoms with Gasteiger partial charge >= 0.3 is 7.12 Å². The quantitative estimate of drug-likeness (QED) is 0.265. The molecule has 0 radical (unpaired) electrons. The van der Waals surface area contributed by atoms with E-state index < -0.39 is 7.12 Å². The molecule has 0 amide bonds. The summed E-state index contributed by atoms with van der Waals surface area (Å²) >= 11 is 0. The number of guanidine groups is 1. The highest BCUT2D eigenvalue weighted by molar-refractivity contribution is 6.58. The van der Waals surface area contributed by atoms with Gasteiger partial charge in [-0.15, -0.1) is 0 Å². The minimum absolute atomic E-state index is 0.0633. The first-order valence-corrected chi connectivity index (χ1v) is 4.60. The van der Waals surface area contributed by atoms with Crippen molar-refractivity contribution in [1.82, 2.24) is 0 Å². The molecular formula is C9H14BN3O2. The molecule has 0 atom stereocenters. The summed E-state index contributed by atoms with van der Waals surface area (Å²) in [7, 11) is -1.44. The van der Waals surface area contributed by atoms with E-state index in [1.54, 1.807) is 18.2 Å². The average molecular weight is 207 g/mol. The lowest BCUT2D eigenvalue weighted by atomic mass is 9.79. The smallest absolute Gasteiger partial charge is 0.423 e. The molecule has 15 heavy (non-hydrogen) atoms. The Morgan fingerprint density at radius 1 is 1.33 bits per heavy atom. The van der Waals surface area contributed by atoms with Gasteiger partial charge in [0.2, 0.25) is 0 Å². The van der Waals surface area contributed by atoms with Gasteiger partial charge in [0.15, 0.2) is 5.96 Å². The molecule has 0 saturated heterocycles. The first-order chi connectivity index (χ1) is 7.09. The molecular weight excluding hydrogens is 193 g/mol. The minimum Gasteiger partial charge on any atom is -0.423 e. The van der Waals surface area contributed by atoms with Gasteiger partial charge in [0.1, 0.15) is 0 Å². The van der Waals surface area contributed by atoms with Gasteiger partial charge in [-0.1, -0.05) is 24.3 Å². The molecule has 0 spiro atoms. The number of rotatable bonds is 4. The molecule has 5 nitrogen and oxygen atoms in total. The number of nitrogens with two attached hydrogens (primary N) is 2. The van der Waals surface area contributed by atoms with Crippen molar-refractivity contribution in [2.75, 3.05) is 6.54 Å². The van der Waals surface area contributed by atoms with Crippen LogP contribution in [0, 0.1) is 0 Å². The van der Waals surface area contributed by atoms with Crippen LogP contribution in [0.2, 0.25) is 0 Å². The van der Waals surface area contributed by atoms with Crippen LogP contribution in [-0.2, 0) is 6.42 Å². The van der Waals surface area contributed by atoms with Crippen molar-refractivity contribution in [3.63, 3.8) is 0 Å². The Balaban J connectivity index is 2.62. The van der Waals surface area contributed by atoms with E-state index in [1.807, 2.05) is 6.07 Å². The van der Waals surface area contributed by atoms with Crippen LogP contribution < -0.4 is 16.9 Å². The van der Waals surface area contributed by atoms with Crippen molar-refractivity contribution >= 4 is 18.5 Å². The summed E-state index contributed by atoms with van der Waals surface area (Å²) in [5.74, 6) is 0.0633. The highest BCUT2D eigenvalue weighted by atomic mass is 16.4. The van der Waals surface area contributed by atoms with Crippen LogP contribution in [0.5, 0.6) is 0 Å². The van der Waals surface area contributed by atoms with E-state index >= 15 is 0 Å². The normalized spacial score (nSPS) is 9.73. The minimum atomic E-state index is -1.44. The number of benzene rings is 1. The lowest BCUT2D eigenvalue weighted by Gasteiger charge is -2.02. The number of hydrogen-bond donors (Lipinski definition) is 4. The molecule has 1 rings (SSSR count). The van der Waals surface area contributed by atoms with Crippen molar-refractivity contribution in [2.24, 2.45) is 16.5 Å². The summed E-state index contributed by atoms with van der Waals surface area (Å²) in [4.78, 5) is 3.84. The number of aliphatic imine (C=N–C) groups is 1. The second-order valence-corrected chi connectivity index (χ2v) is 3.18. The van der Waals surface area contributed by atoms with E-state index in [1.165, 1.54) is 0 Å². The van der Waals surface area contributed by atoms with E-state index in [0.717, 1.165) is 5.56 Å². The lowest BCUT2D eigenvalue weighted by molar-refractivity contribution is 0.425. The number of hydrogen-bond acceptors (Lipinski definition) is 3. The fraction of sp³-hybridized carbons (Fsp3) is 0.222. The molecule has 1 aromatic rings. The van der Waals surface area contributed by atoms with Crippen LogP contribution in [0.4, 0.5) is 0 Å². The van der Waals surface area contributed by atoms with Crippen LogP contribution in [0.25, 0.3) is 0 Å². The van der Waals surface area contributed by atoms with Gasteiger partial charge in [-0.2, -0.15) is 0 Å². The SMILES string of the molecule is NC(N)=NCCc1cccc(B(O)O)c1. The predicted octanol–water partition coefficient (Wildman–Crippen LogP) is -1.82. The highest BCUT2D eigenvalue weighted by Crippen LogP contribution is 1.98. The molecule has 0 aliphatic heterocycles. The van der Waals surface area contributed by atoms with Crippen LogP contribution in [0.1, 0.15) is 5.56 Å². The topological polar surface area (TPSA) is 105 Å². The van der Waals surface area contributed by atoms with Gasteiger partial charge in [-0.05, 0) is 17.4 Å². The Bertz CT molecular complexity index is 351. The Morgan fingerprint density at radius 3 is 2.67 bits per heavy atom. The third kappa shape index (κ3) is 4.01. The third-order valence-electron chi connectivity index (χ3n) is 1.94. The first-order valence-electron chi connectivity index (χ1n) is 4.60. The standard InChI is InChI=1S/C9H14BN3O2/c11-9(12)13-5-4-7-2-1-3-8(6-7)10(14)15/h1-3,6,14-15H,4-5H2,(H4,11,12,13). The van der Waals surface area contributed by atoms with Gasteiger partial charge in [-0.3, -0.25) is 4.99 Å². The highest BCUT2D eigenvalue weighted by Gasteiger charge is 2.10. The maximum absolute atomic E-state index is 8.95. The molecule has 0 bridgehead atoms. The van der Waals surface area contributed by atoms with Crippen LogP contribution in [-0.4, -0.2) is 29.7 Å². The molecule has 80 valence electrons. The van der Waals surface area contributed by atoms with Gasteiger partial charge in [0, 0.05) is 6.54 Å². The third-order valence-corrected chi connectivity index (χ3v) is 1.94. The molecule has 0 saturated carbocycles. The summed E-state index contributed by atoms with van der Waals surface area (Å²) in [5, 5.41) is 17.9. The van der Waals surface area contributed by atoms with Crippen molar-refractivity contribution in [2.45, 2.75) is 6.42 Å². The average Bonchev–Trinajstić information content (AvgIpc) is 2.17. The predicted molar refractivity (Wildman–Crippen MR) is 60.6 cm³/mol. The molecule has 0 heterocycles.